The fourth-order valence-electron chi connectivity index (χ4n) is 5.73. The summed E-state index contributed by atoms with van der Waals surface area (Å²) < 4.78 is 12.5. The van der Waals surface area contributed by atoms with E-state index in [0.717, 1.165) is 53.2 Å². The van der Waals surface area contributed by atoms with Gasteiger partial charge in [0.1, 0.15) is 11.5 Å². The number of rotatable bonds is 7. The molecular weight excluding hydrogens is 456 g/mol. The van der Waals surface area contributed by atoms with Crippen LogP contribution in [0.5, 0.6) is 0 Å². The van der Waals surface area contributed by atoms with Crippen molar-refractivity contribution in [3.63, 3.8) is 0 Å². The topological polar surface area (TPSA) is 76.9 Å². The third-order valence-corrected chi connectivity index (χ3v) is 7.36. The molecule has 1 unspecified atom stereocenters. The van der Waals surface area contributed by atoms with E-state index in [4.69, 9.17) is 14.5 Å². The van der Waals surface area contributed by atoms with E-state index >= 15 is 0 Å². The maximum Gasteiger partial charge on any atom is 0.337 e. The lowest BCUT2D eigenvalue weighted by Crippen LogP contribution is -2.59. The molecule has 0 N–H and O–H groups in total. The van der Waals surface area contributed by atoms with Gasteiger partial charge in [0, 0.05) is 32.2 Å². The van der Waals surface area contributed by atoms with Crippen LogP contribution in [0.1, 0.15) is 50.4 Å². The SMILES string of the molecule is COCCN1c2ccc(-c3nc4cc(C(=O)OC)ccc4n3CC(C)C)cc2N2C(=O)CCCC12C. The van der Waals surface area contributed by atoms with Crippen LogP contribution < -0.4 is 9.80 Å². The molecule has 2 aliphatic heterocycles. The van der Waals surface area contributed by atoms with Gasteiger partial charge in [0.25, 0.3) is 0 Å². The van der Waals surface area contributed by atoms with Crippen molar-refractivity contribution in [2.45, 2.75) is 52.2 Å². The highest BCUT2D eigenvalue weighted by molar-refractivity contribution is 6.03. The Labute approximate surface area is 211 Å². The van der Waals surface area contributed by atoms with Crippen molar-refractivity contribution in [2.24, 2.45) is 5.92 Å². The monoisotopic (exact) mass is 490 g/mol. The van der Waals surface area contributed by atoms with Crippen LogP contribution in [-0.4, -0.2) is 54.5 Å². The van der Waals surface area contributed by atoms with Gasteiger partial charge < -0.3 is 18.9 Å². The highest BCUT2D eigenvalue weighted by atomic mass is 16.5. The number of aromatic nitrogens is 2. The summed E-state index contributed by atoms with van der Waals surface area (Å²) in [5, 5.41) is 0. The van der Waals surface area contributed by atoms with E-state index in [1.54, 1.807) is 19.2 Å². The smallest absolute Gasteiger partial charge is 0.337 e. The summed E-state index contributed by atoms with van der Waals surface area (Å²) in [6.45, 7) is 8.58. The molecule has 8 heteroatoms. The lowest BCUT2D eigenvalue weighted by atomic mass is 9.96. The Hall–Kier alpha value is -3.39. The van der Waals surface area contributed by atoms with Crippen molar-refractivity contribution in [1.29, 1.82) is 0 Å². The molecule has 0 spiro atoms. The number of benzene rings is 2. The molecule has 0 aliphatic carbocycles. The zero-order valence-electron chi connectivity index (χ0n) is 21.7. The number of fused-ring (bicyclic) bond motifs is 4. The maximum absolute atomic E-state index is 13.2. The van der Waals surface area contributed by atoms with Crippen molar-refractivity contribution >= 4 is 34.3 Å². The number of anilines is 2. The number of carbonyl (C=O) groups excluding carboxylic acids is 2. The van der Waals surface area contributed by atoms with E-state index < -0.39 is 5.66 Å². The van der Waals surface area contributed by atoms with Crippen molar-refractivity contribution in [2.75, 3.05) is 37.2 Å². The van der Waals surface area contributed by atoms with Crippen LogP contribution in [0.3, 0.4) is 0 Å². The molecule has 1 saturated heterocycles. The van der Waals surface area contributed by atoms with Gasteiger partial charge in [-0.3, -0.25) is 9.69 Å². The molecule has 1 atom stereocenters. The highest BCUT2D eigenvalue weighted by Gasteiger charge is 2.50. The van der Waals surface area contributed by atoms with Crippen LogP contribution in [0.25, 0.3) is 22.4 Å². The number of hydrogen-bond donors (Lipinski definition) is 0. The summed E-state index contributed by atoms with van der Waals surface area (Å²) in [7, 11) is 3.09. The van der Waals surface area contributed by atoms with Gasteiger partial charge in [0.15, 0.2) is 0 Å². The van der Waals surface area contributed by atoms with Crippen LogP contribution >= 0.6 is 0 Å². The first kappa shape index (κ1) is 24.3. The lowest BCUT2D eigenvalue weighted by Gasteiger charge is -2.45. The number of imidazole rings is 1. The molecule has 1 fully saturated rings. The van der Waals surface area contributed by atoms with E-state index in [2.05, 4.69) is 48.4 Å². The average Bonchev–Trinajstić information content (AvgIpc) is 3.33. The van der Waals surface area contributed by atoms with Gasteiger partial charge in [-0.1, -0.05) is 13.8 Å². The standard InChI is InChI=1S/C28H34N4O4/c1-18(2)17-30-22-10-9-20(27(34)36-5)15-21(22)29-26(30)19-8-11-23-24(16-19)32-25(33)7-6-12-28(32,3)31(23)13-14-35-4/h8-11,15-16,18H,6-7,12-14,17H2,1-5H3. The van der Waals surface area contributed by atoms with Crippen molar-refractivity contribution < 1.29 is 19.1 Å². The fourth-order valence-corrected chi connectivity index (χ4v) is 5.73. The van der Waals surface area contributed by atoms with Gasteiger partial charge in [-0.15, -0.1) is 0 Å². The molecule has 0 saturated carbocycles. The predicted molar refractivity (Wildman–Crippen MR) is 140 cm³/mol. The zero-order valence-corrected chi connectivity index (χ0v) is 21.7. The average molecular weight is 491 g/mol. The molecule has 8 nitrogen and oxygen atoms in total. The van der Waals surface area contributed by atoms with Crippen molar-refractivity contribution in [3.8, 4) is 11.4 Å². The summed E-state index contributed by atoms with van der Waals surface area (Å²) in [4.78, 5) is 34.6. The number of carbonyl (C=O) groups is 2. The Balaban J connectivity index is 1.65. The molecule has 0 bridgehead atoms. The quantitative estimate of drug-likeness (QED) is 0.441. The van der Waals surface area contributed by atoms with Gasteiger partial charge in [-0.25, -0.2) is 9.78 Å². The first-order chi connectivity index (χ1) is 17.3. The van der Waals surface area contributed by atoms with Crippen LogP contribution in [0.15, 0.2) is 36.4 Å². The van der Waals surface area contributed by atoms with E-state index in [0.29, 0.717) is 31.1 Å². The van der Waals surface area contributed by atoms with Gasteiger partial charge in [-0.05, 0) is 62.1 Å². The number of ether oxygens (including phenoxy) is 2. The molecule has 2 aliphatic rings. The van der Waals surface area contributed by atoms with Crippen molar-refractivity contribution in [1.82, 2.24) is 9.55 Å². The van der Waals surface area contributed by atoms with E-state index in [1.807, 2.05) is 11.0 Å². The Bertz CT molecular complexity index is 1330. The van der Waals surface area contributed by atoms with Gasteiger partial charge in [0.2, 0.25) is 5.91 Å². The number of hydrogen-bond acceptors (Lipinski definition) is 6. The lowest BCUT2D eigenvalue weighted by molar-refractivity contribution is -0.121. The predicted octanol–water partition coefficient (Wildman–Crippen LogP) is 4.85. The molecule has 3 aromatic rings. The van der Waals surface area contributed by atoms with Crippen LogP contribution in [-0.2, 0) is 20.8 Å². The second kappa shape index (κ2) is 9.24. The summed E-state index contributed by atoms with van der Waals surface area (Å²) in [6, 6.07) is 11.8. The first-order valence-corrected chi connectivity index (χ1v) is 12.6. The number of methoxy groups -OCH3 is 2. The fraction of sp³-hybridized carbons (Fsp3) is 0.464. The summed E-state index contributed by atoms with van der Waals surface area (Å²) in [5.41, 5.74) is 4.70. The van der Waals surface area contributed by atoms with Crippen LogP contribution in [0, 0.1) is 5.92 Å². The van der Waals surface area contributed by atoms with Crippen LogP contribution in [0.2, 0.25) is 0 Å². The number of esters is 1. The van der Waals surface area contributed by atoms with Gasteiger partial charge >= 0.3 is 5.97 Å². The summed E-state index contributed by atoms with van der Waals surface area (Å²) in [5.74, 6) is 0.992. The van der Waals surface area contributed by atoms with Crippen LogP contribution in [0.4, 0.5) is 11.4 Å². The minimum Gasteiger partial charge on any atom is -0.465 e. The molecule has 1 amide bonds. The third-order valence-electron chi connectivity index (χ3n) is 7.36. The zero-order chi connectivity index (χ0) is 25.6. The molecule has 36 heavy (non-hydrogen) atoms. The van der Waals surface area contributed by atoms with E-state index in [-0.39, 0.29) is 11.9 Å². The Morgan fingerprint density at radius 1 is 1.14 bits per heavy atom. The first-order valence-electron chi connectivity index (χ1n) is 12.6. The molecule has 1 aromatic heterocycles. The molecule has 2 aromatic carbocycles. The van der Waals surface area contributed by atoms with Gasteiger partial charge in [0.05, 0.1) is 41.7 Å². The third kappa shape index (κ3) is 3.84. The minimum absolute atomic E-state index is 0.153. The number of piperidine rings is 1. The van der Waals surface area contributed by atoms with E-state index in [1.165, 1.54) is 7.11 Å². The molecule has 0 radical (unpaired) electrons. The summed E-state index contributed by atoms with van der Waals surface area (Å²) in [6.07, 6.45) is 2.34. The van der Waals surface area contributed by atoms with Crippen molar-refractivity contribution in [3.05, 3.63) is 42.0 Å². The Morgan fingerprint density at radius 2 is 1.94 bits per heavy atom. The maximum atomic E-state index is 13.2. The van der Waals surface area contributed by atoms with Gasteiger partial charge in [-0.2, -0.15) is 0 Å². The minimum atomic E-state index is -0.400. The molecule has 5 rings (SSSR count). The Morgan fingerprint density at radius 3 is 2.67 bits per heavy atom. The van der Waals surface area contributed by atoms with E-state index in [9.17, 15) is 9.59 Å². The second-order valence-corrected chi connectivity index (χ2v) is 10.3. The molecule has 3 heterocycles. The molecular formula is C28H34N4O4. The normalized spacial score (nSPS) is 19.2. The highest BCUT2D eigenvalue weighted by Crippen LogP contribution is 2.50. The largest absolute Gasteiger partial charge is 0.465 e. The second-order valence-electron chi connectivity index (χ2n) is 10.3. The molecule has 190 valence electrons. The Kier molecular flexibility index (Phi) is 6.24. The number of nitrogens with zero attached hydrogens (tertiary/aromatic N) is 4. The number of amides is 1. The summed E-state index contributed by atoms with van der Waals surface area (Å²) >= 11 is 0.